The summed E-state index contributed by atoms with van der Waals surface area (Å²) in [7, 11) is -3.50. The molecule has 1 unspecified atom stereocenters. The number of piperidine rings is 1. The largest absolute Gasteiger partial charge is 0.342 e. The Bertz CT molecular complexity index is 816. The van der Waals surface area contributed by atoms with Crippen molar-refractivity contribution in [3.63, 3.8) is 0 Å². The van der Waals surface area contributed by atoms with Crippen molar-refractivity contribution in [1.29, 1.82) is 0 Å². The topological polar surface area (TPSA) is 83.7 Å². The average Bonchev–Trinajstić information content (AvgIpc) is 3.06. The molecule has 1 aromatic rings. The van der Waals surface area contributed by atoms with Crippen molar-refractivity contribution >= 4 is 15.9 Å². The summed E-state index contributed by atoms with van der Waals surface area (Å²) in [4.78, 5) is 15.1. The minimum absolute atomic E-state index is 0.0169. The number of nitrogens with zero attached hydrogens (tertiary/aromatic N) is 2. The molecule has 0 spiro atoms. The molecule has 0 radical (unpaired) electrons. The molecule has 0 bridgehead atoms. The number of aryl methyl sites for hydroxylation is 2. The molecule has 1 atom stereocenters. The molecule has 7 heteroatoms. The van der Waals surface area contributed by atoms with Crippen molar-refractivity contribution in [2.45, 2.75) is 44.9 Å². The second kappa shape index (κ2) is 7.53. The molecule has 1 aromatic carbocycles. The molecule has 3 rings (SSSR count). The van der Waals surface area contributed by atoms with Crippen LogP contribution in [-0.4, -0.2) is 56.3 Å². The standard InChI is InChI=1S/C20H31N3O3S/c1-15-4-5-18(12-16(15)2)27(25,26)23-9-6-17(7-10-23)19(24)22-11-8-20(3,13-21)14-22/h4-5,12,17H,6-11,13-14,21H2,1-3H3. The van der Waals surface area contributed by atoms with Gasteiger partial charge in [-0.1, -0.05) is 13.0 Å². The number of carbonyl (C=O) groups is 1. The van der Waals surface area contributed by atoms with E-state index in [2.05, 4.69) is 6.92 Å². The molecule has 150 valence electrons. The number of hydrogen-bond acceptors (Lipinski definition) is 4. The van der Waals surface area contributed by atoms with Crippen molar-refractivity contribution in [3.8, 4) is 0 Å². The van der Waals surface area contributed by atoms with E-state index in [1.54, 1.807) is 12.1 Å². The van der Waals surface area contributed by atoms with E-state index in [9.17, 15) is 13.2 Å². The predicted octanol–water partition coefficient (Wildman–Crippen LogP) is 1.90. The third-order valence-corrected chi connectivity index (χ3v) is 8.18. The van der Waals surface area contributed by atoms with Crippen LogP contribution in [0.2, 0.25) is 0 Å². The van der Waals surface area contributed by atoms with Gasteiger partial charge in [-0.2, -0.15) is 4.31 Å². The van der Waals surface area contributed by atoms with Crippen molar-refractivity contribution in [1.82, 2.24) is 9.21 Å². The summed E-state index contributed by atoms with van der Waals surface area (Å²) in [6.07, 6.45) is 2.10. The summed E-state index contributed by atoms with van der Waals surface area (Å²) in [5, 5.41) is 0. The first-order valence-corrected chi connectivity index (χ1v) is 11.2. The molecule has 0 aromatic heterocycles. The molecular formula is C20H31N3O3S. The Morgan fingerprint density at radius 2 is 1.85 bits per heavy atom. The fourth-order valence-electron chi connectivity index (χ4n) is 4.00. The predicted molar refractivity (Wildman–Crippen MR) is 106 cm³/mol. The first-order valence-electron chi connectivity index (χ1n) is 9.72. The van der Waals surface area contributed by atoms with E-state index >= 15 is 0 Å². The lowest BCUT2D eigenvalue weighted by atomic mass is 9.90. The van der Waals surface area contributed by atoms with Crippen LogP contribution in [0.4, 0.5) is 0 Å². The molecule has 27 heavy (non-hydrogen) atoms. The second-order valence-electron chi connectivity index (χ2n) is 8.45. The Kier molecular flexibility index (Phi) is 5.66. The molecule has 1 amide bonds. The van der Waals surface area contributed by atoms with Crippen LogP contribution in [0.1, 0.15) is 37.3 Å². The van der Waals surface area contributed by atoms with Gasteiger partial charge in [-0.15, -0.1) is 0 Å². The second-order valence-corrected chi connectivity index (χ2v) is 10.4. The smallest absolute Gasteiger partial charge is 0.243 e. The summed E-state index contributed by atoms with van der Waals surface area (Å²) in [5.41, 5.74) is 7.90. The molecular weight excluding hydrogens is 362 g/mol. The van der Waals surface area contributed by atoms with Crippen LogP contribution in [0.5, 0.6) is 0 Å². The van der Waals surface area contributed by atoms with E-state index in [0.29, 0.717) is 43.9 Å². The molecule has 2 N–H and O–H groups in total. The number of nitrogens with two attached hydrogens (primary N) is 1. The highest BCUT2D eigenvalue weighted by molar-refractivity contribution is 7.89. The van der Waals surface area contributed by atoms with Crippen molar-refractivity contribution in [3.05, 3.63) is 29.3 Å². The van der Waals surface area contributed by atoms with Crippen LogP contribution in [0, 0.1) is 25.2 Å². The summed E-state index contributed by atoms with van der Waals surface area (Å²) >= 11 is 0. The Morgan fingerprint density at radius 1 is 1.19 bits per heavy atom. The Hall–Kier alpha value is -1.44. The van der Waals surface area contributed by atoms with E-state index in [1.807, 2.05) is 24.8 Å². The van der Waals surface area contributed by atoms with Crippen LogP contribution in [0.3, 0.4) is 0 Å². The van der Waals surface area contributed by atoms with Crippen molar-refractivity contribution < 1.29 is 13.2 Å². The maximum atomic E-state index is 12.9. The minimum atomic E-state index is -3.50. The first-order chi connectivity index (χ1) is 12.7. The molecule has 2 aliphatic heterocycles. The highest BCUT2D eigenvalue weighted by Gasteiger charge is 2.39. The molecule has 0 saturated carbocycles. The number of hydrogen-bond donors (Lipinski definition) is 1. The summed E-state index contributed by atoms with van der Waals surface area (Å²) in [6, 6.07) is 5.26. The SMILES string of the molecule is Cc1ccc(S(=O)(=O)N2CCC(C(=O)N3CCC(C)(CN)C3)CC2)cc1C. The van der Waals surface area contributed by atoms with Crippen LogP contribution in [0.25, 0.3) is 0 Å². The molecule has 2 saturated heterocycles. The summed E-state index contributed by atoms with van der Waals surface area (Å²) in [6.45, 7) is 8.86. The van der Waals surface area contributed by atoms with Crippen LogP contribution in [0.15, 0.2) is 23.1 Å². The van der Waals surface area contributed by atoms with Gasteiger partial charge >= 0.3 is 0 Å². The van der Waals surface area contributed by atoms with Crippen molar-refractivity contribution in [2.75, 3.05) is 32.7 Å². The highest BCUT2D eigenvalue weighted by atomic mass is 32.2. The Labute approximate surface area is 162 Å². The fraction of sp³-hybridized carbons (Fsp3) is 0.650. The first kappa shape index (κ1) is 20.3. The molecule has 2 aliphatic rings. The number of amides is 1. The van der Waals surface area contributed by atoms with E-state index in [4.69, 9.17) is 5.73 Å². The zero-order chi connectivity index (χ0) is 19.8. The lowest BCUT2D eigenvalue weighted by Crippen LogP contribution is -2.44. The monoisotopic (exact) mass is 393 g/mol. The summed E-state index contributed by atoms with van der Waals surface area (Å²) in [5.74, 6) is 0.0757. The molecule has 2 fully saturated rings. The van der Waals surface area contributed by atoms with Gasteiger partial charge in [0.1, 0.15) is 0 Å². The third kappa shape index (κ3) is 4.05. The van der Waals surface area contributed by atoms with E-state index in [1.165, 1.54) is 4.31 Å². The van der Waals surface area contributed by atoms with Gasteiger partial charge in [-0.3, -0.25) is 4.79 Å². The van der Waals surface area contributed by atoms with Gasteiger partial charge in [0.05, 0.1) is 4.90 Å². The van der Waals surface area contributed by atoms with Crippen LogP contribution < -0.4 is 5.73 Å². The molecule has 2 heterocycles. The van der Waals surface area contributed by atoms with Gasteiger partial charge in [-0.25, -0.2) is 8.42 Å². The zero-order valence-corrected chi connectivity index (χ0v) is 17.4. The lowest BCUT2D eigenvalue weighted by molar-refractivity contribution is -0.136. The molecule has 0 aliphatic carbocycles. The van der Waals surface area contributed by atoms with E-state index in [-0.39, 0.29) is 17.2 Å². The van der Waals surface area contributed by atoms with Gasteiger partial charge in [-0.05, 0) is 68.3 Å². The van der Waals surface area contributed by atoms with Crippen LogP contribution in [-0.2, 0) is 14.8 Å². The van der Waals surface area contributed by atoms with Gasteiger partial charge in [0.2, 0.25) is 15.9 Å². The average molecular weight is 394 g/mol. The van der Waals surface area contributed by atoms with Gasteiger partial charge in [0.15, 0.2) is 0 Å². The number of likely N-dealkylation sites (tertiary alicyclic amines) is 1. The number of carbonyl (C=O) groups excluding carboxylic acids is 1. The van der Waals surface area contributed by atoms with Gasteiger partial charge in [0, 0.05) is 32.1 Å². The normalized spacial score (nSPS) is 25.1. The maximum absolute atomic E-state index is 12.9. The fourth-order valence-corrected chi connectivity index (χ4v) is 5.56. The third-order valence-electron chi connectivity index (χ3n) is 6.28. The van der Waals surface area contributed by atoms with Gasteiger partial charge < -0.3 is 10.6 Å². The quantitative estimate of drug-likeness (QED) is 0.847. The Balaban J connectivity index is 1.63. The minimum Gasteiger partial charge on any atom is -0.342 e. The van der Waals surface area contributed by atoms with Gasteiger partial charge in [0.25, 0.3) is 0 Å². The Morgan fingerprint density at radius 3 is 2.41 bits per heavy atom. The van der Waals surface area contributed by atoms with Crippen LogP contribution >= 0.6 is 0 Å². The summed E-state index contributed by atoms with van der Waals surface area (Å²) < 4.78 is 27.4. The zero-order valence-electron chi connectivity index (χ0n) is 16.6. The van der Waals surface area contributed by atoms with Crippen molar-refractivity contribution in [2.24, 2.45) is 17.1 Å². The number of rotatable bonds is 4. The molecule has 6 nitrogen and oxygen atoms in total. The maximum Gasteiger partial charge on any atom is 0.243 e. The number of benzene rings is 1. The van der Waals surface area contributed by atoms with E-state index in [0.717, 1.165) is 24.1 Å². The van der Waals surface area contributed by atoms with E-state index < -0.39 is 10.0 Å². The highest BCUT2D eigenvalue weighted by Crippen LogP contribution is 2.32. The lowest BCUT2D eigenvalue weighted by Gasteiger charge is -2.33. The number of sulfonamides is 1.